The van der Waals surface area contributed by atoms with Crippen molar-refractivity contribution in [1.29, 1.82) is 0 Å². The third kappa shape index (κ3) is 2.35. The number of thiophene rings is 1. The van der Waals surface area contributed by atoms with Crippen molar-refractivity contribution < 1.29 is 19.2 Å². The van der Waals surface area contributed by atoms with Crippen molar-refractivity contribution in [3.05, 3.63) is 22.4 Å². The lowest BCUT2D eigenvalue weighted by Crippen LogP contribution is -2.45. The zero-order chi connectivity index (χ0) is 14.9. The number of carbonyl (C=O) groups excluding carboxylic acids is 4. The summed E-state index contributed by atoms with van der Waals surface area (Å²) in [7, 11) is 0. The maximum Gasteiger partial charge on any atom is 0.325 e. The summed E-state index contributed by atoms with van der Waals surface area (Å²) in [6, 6.07) is -0.0125. The molecule has 0 bridgehead atoms. The highest BCUT2D eigenvalue weighted by atomic mass is 32.1. The van der Waals surface area contributed by atoms with Crippen LogP contribution in [-0.4, -0.2) is 35.3 Å². The fraction of sp³-hybridized carbons (Fsp3) is 0.273. The first-order valence-electron chi connectivity index (χ1n) is 5.60. The minimum atomic E-state index is -1.20. The van der Waals surface area contributed by atoms with Crippen LogP contribution in [0, 0.1) is 0 Å². The average molecular weight is 296 g/mol. The molecule has 1 aliphatic heterocycles. The van der Waals surface area contributed by atoms with Crippen molar-refractivity contribution in [3.63, 3.8) is 0 Å². The number of hydrogen-bond donors (Lipinski definition) is 3. The fourth-order valence-electron chi connectivity index (χ4n) is 1.91. The Morgan fingerprint density at radius 2 is 2.20 bits per heavy atom. The van der Waals surface area contributed by atoms with Gasteiger partial charge in [0.25, 0.3) is 5.91 Å². The number of amides is 6. The lowest BCUT2D eigenvalue weighted by atomic mass is 9.95. The standard InChI is InChI=1S/C11H12N4O4S/c1-11(6-2-3-20-5-6)8(17)15(10(19)14-11)4-7(16)13-9(12)18/h2-3,5H,4H2,1H3,(H,14,19)(H3,12,13,16,18)/t11-/m0/s1. The smallest absolute Gasteiger partial charge is 0.325 e. The van der Waals surface area contributed by atoms with E-state index in [-0.39, 0.29) is 0 Å². The van der Waals surface area contributed by atoms with Gasteiger partial charge in [-0.3, -0.25) is 19.8 Å². The van der Waals surface area contributed by atoms with Crippen molar-refractivity contribution in [3.8, 4) is 0 Å². The number of carbonyl (C=O) groups is 4. The molecule has 9 heteroatoms. The predicted octanol–water partition coefficient (Wildman–Crippen LogP) is -0.290. The number of imide groups is 2. The first-order valence-corrected chi connectivity index (χ1v) is 6.55. The Balaban J connectivity index is 2.17. The van der Waals surface area contributed by atoms with Crippen molar-refractivity contribution >= 4 is 35.2 Å². The summed E-state index contributed by atoms with van der Waals surface area (Å²) in [5, 5.41) is 7.86. The maximum atomic E-state index is 12.3. The minimum absolute atomic E-state index is 0.555. The quantitative estimate of drug-likeness (QED) is 0.663. The molecule has 1 aromatic rings. The van der Waals surface area contributed by atoms with Gasteiger partial charge in [-0.15, -0.1) is 0 Å². The first kappa shape index (κ1) is 14.0. The van der Waals surface area contributed by atoms with Crippen molar-refractivity contribution in [2.24, 2.45) is 5.73 Å². The topological polar surface area (TPSA) is 122 Å². The summed E-state index contributed by atoms with van der Waals surface area (Å²) >= 11 is 1.39. The molecular weight excluding hydrogens is 284 g/mol. The lowest BCUT2D eigenvalue weighted by molar-refractivity contribution is -0.134. The molecule has 0 saturated carbocycles. The van der Waals surface area contributed by atoms with Crippen molar-refractivity contribution in [2.75, 3.05) is 6.54 Å². The molecule has 0 aliphatic carbocycles. The van der Waals surface area contributed by atoms with Crippen LogP contribution in [0.15, 0.2) is 16.8 Å². The Hall–Kier alpha value is -2.42. The van der Waals surface area contributed by atoms with E-state index in [1.807, 2.05) is 0 Å². The van der Waals surface area contributed by atoms with Gasteiger partial charge in [-0.1, -0.05) is 0 Å². The van der Waals surface area contributed by atoms with Crippen molar-refractivity contribution in [1.82, 2.24) is 15.5 Å². The van der Waals surface area contributed by atoms with E-state index in [4.69, 9.17) is 5.73 Å². The van der Waals surface area contributed by atoms with E-state index in [0.29, 0.717) is 5.56 Å². The Kier molecular flexibility index (Phi) is 3.45. The molecule has 2 rings (SSSR count). The molecule has 1 saturated heterocycles. The number of nitrogens with zero attached hydrogens (tertiary/aromatic N) is 1. The van der Waals surface area contributed by atoms with Gasteiger partial charge < -0.3 is 11.1 Å². The van der Waals surface area contributed by atoms with Crippen LogP contribution in [0.2, 0.25) is 0 Å². The summed E-state index contributed by atoms with van der Waals surface area (Å²) in [6.07, 6.45) is 0. The SMILES string of the molecule is C[C@@]1(c2ccsc2)NC(=O)N(CC(=O)NC(N)=O)C1=O. The summed E-state index contributed by atoms with van der Waals surface area (Å²) in [5.74, 6) is -1.38. The van der Waals surface area contributed by atoms with Crippen LogP contribution in [-0.2, 0) is 15.1 Å². The van der Waals surface area contributed by atoms with Gasteiger partial charge in [0.2, 0.25) is 5.91 Å². The molecule has 0 radical (unpaired) electrons. The molecule has 4 N–H and O–H groups in total. The molecule has 1 fully saturated rings. The second-order valence-electron chi connectivity index (χ2n) is 4.37. The highest BCUT2D eigenvalue weighted by molar-refractivity contribution is 7.08. The molecule has 1 atom stereocenters. The third-order valence-corrected chi connectivity index (χ3v) is 3.62. The van der Waals surface area contributed by atoms with Crippen LogP contribution in [0.5, 0.6) is 0 Å². The molecule has 2 heterocycles. The minimum Gasteiger partial charge on any atom is -0.351 e. The molecule has 106 valence electrons. The normalized spacial score (nSPS) is 21.8. The van der Waals surface area contributed by atoms with Gasteiger partial charge in [0.15, 0.2) is 0 Å². The third-order valence-electron chi connectivity index (χ3n) is 2.94. The van der Waals surface area contributed by atoms with Gasteiger partial charge in [-0.2, -0.15) is 11.3 Å². The van der Waals surface area contributed by atoms with E-state index in [9.17, 15) is 19.2 Å². The van der Waals surface area contributed by atoms with Gasteiger partial charge in [-0.25, -0.2) is 9.59 Å². The monoisotopic (exact) mass is 296 g/mol. The number of primary amides is 1. The Labute approximate surface area is 117 Å². The van der Waals surface area contributed by atoms with E-state index in [1.165, 1.54) is 11.3 Å². The number of nitrogens with one attached hydrogen (secondary N) is 2. The van der Waals surface area contributed by atoms with Gasteiger partial charge in [-0.05, 0) is 29.3 Å². The number of hydrogen-bond acceptors (Lipinski definition) is 5. The van der Waals surface area contributed by atoms with E-state index < -0.39 is 36.0 Å². The zero-order valence-electron chi connectivity index (χ0n) is 10.5. The largest absolute Gasteiger partial charge is 0.351 e. The Morgan fingerprint density at radius 1 is 1.50 bits per heavy atom. The number of nitrogens with two attached hydrogens (primary N) is 1. The molecule has 20 heavy (non-hydrogen) atoms. The van der Waals surface area contributed by atoms with E-state index >= 15 is 0 Å². The van der Waals surface area contributed by atoms with Gasteiger partial charge in [0.1, 0.15) is 12.1 Å². The second kappa shape index (κ2) is 4.93. The zero-order valence-corrected chi connectivity index (χ0v) is 11.3. The predicted molar refractivity (Wildman–Crippen MR) is 69.6 cm³/mol. The van der Waals surface area contributed by atoms with E-state index in [1.54, 1.807) is 29.1 Å². The van der Waals surface area contributed by atoms with Crippen LogP contribution in [0.1, 0.15) is 12.5 Å². The highest BCUT2D eigenvalue weighted by Gasteiger charge is 2.49. The van der Waals surface area contributed by atoms with Gasteiger partial charge >= 0.3 is 12.1 Å². The van der Waals surface area contributed by atoms with Crippen LogP contribution < -0.4 is 16.4 Å². The number of rotatable bonds is 3. The molecule has 6 amide bonds. The first-order chi connectivity index (χ1) is 9.34. The Morgan fingerprint density at radius 3 is 2.75 bits per heavy atom. The molecular formula is C11H12N4O4S. The summed E-state index contributed by atoms with van der Waals surface area (Å²) in [5.41, 5.74) is 4.23. The second-order valence-corrected chi connectivity index (χ2v) is 5.15. The lowest BCUT2D eigenvalue weighted by Gasteiger charge is -2.20. The molecule has 1 aromatic heterocycles. The summed E-state index contributed by atoms with van der Waals surface area (Å²) in [6.45, 7) is 0.995. The highest BCUT2D eigenvalue weighted by Crippen LogP contribution is 2.29. The van der Waals surface area contributed by atoms with Gasteiger partial charge in [0, 0.05) is 0 Å². The van der Waals surface area contributed by atoms with Crippen LogP contribution in [0.3, 0.4) is 0 Å². The van der Waals surface area contributed by atoms with E-state index in [2.05, 4.69) is 5.32 Å². The molecule has 1 aliphatic rings. The van der Waals surface area contributed by atoms with Crippen molar-refractivity contribution in [2.45, 2.75) is 12.5 Å². The molecule has 8 nitrogen and oxygen atoms in total. The Bertz CT molecular complexity index is 585. The van der Waals surface area contributed by atoms with E-state index in [0.717, 1.165) is 4.90 Å². The van der Waals surface area contributed by atoms with Gasteiger partial charge in [0.05, 0.1) is 0 Å². The molecule has 0 aromatic carbocycles. The van der Waals surface area contributed by atoms with Crippen LogP contribution >= 0.6 is 11.3 Å². The van der Waals surface area contributed by atoms with Crippen LogP contribution in [0.25, 0.3) is 0 Å². The molecule has 0 spiro atoms. The fourth-order valence-corrected chi connectivity index (χ4v) is 2.67. The maximum absolute atomic E-state index is 12.3. The summed E-state index contributed by atoms with van der Waals surface area (Å²) < 4.78 is 0. The average Bonchev–Trinajstić information content (AvgIpc) is 2.93. The molecule has 0 unspecified atom stereocenters. The number of urea groups is 2. The van der Waals surface area contributed by atoms with Crippen LogP contribution in [0.4, 0.5) is 9.59 Å². The summed E-state index contributed by atoms with van der Waals surface area (Å²) in [4.78, 5) is 46.8.